The van der Waals surface area contributed by atoms with Gasteiger partial charge in [-0.1, -0.05) is 0 Å². The Kier molecular flexibility index (Phi) is 2.82. The lowest BCUT2D eigenvalue weighted by Gasteiger charge is -2.47. The molecule has 0 atom stereocenters. The molecule has 2 saturated heterocycles. The Balaban J connectivity index is 1.58. The standard InChI is InChI=1S/C11H21NO2/c1-11(2,3)12-4-10(5-12)14-8-9-6-13-7-9/h9-10H,4-8H2,1-3H3. The van der Waals surface area contributed by atoms with Crippen LogP contribution in [0.15, 0.2) is 0 Å². The summed E-state index contributed by atoms with van der Waals surface area (Å²) >= 11 is 0. The second-order valence-corrected chi connectivity index (χ2v) is 5.43. The molecule has 0 aromatic heterocycles. The van der Waals surface area contributed by atoms with Crippen LogP contribution >= 0.6 is 0 Å². The highest BCUT2D eigenvalue weighted by Crippen LogP contribution is 2.23. The van der Waals surface area contributed by atoms with Crippen molar-refractivity contribution >= 4 is 0 Å². The molecule has 82 valence electrons. The van der Waals surface area contributed by atoms with Crippen LogP contribution in [0.25, 0.3) is 0 Å². The topological polar surface area (TPSA) is 21.7 Å². The Morgan fingerprint density at radius 2 is 1.93 bits per heavy atom. The van der Waals surface area contributed by atoms with E-state index in [0.717, 1.165) is 32.9 Å². The number of likely N-dealkylation sites (tertiary alicyclic amines) is 1. The van der Waals surface area contributed by atoms with Crippen molar-refractivity contribution < 1.29 is 9.47 Å². The summed E-state index contributed by atoms with van der Waals surface area (Å²) < 4.78 is 10.9. The summed E-state index contributed by atoms with van der Waals surface area (Å²) in [6.07, 6.45) is 0.467. The SMILES string of the molecule is CC(C)(C)N1CC(OCC2COC2)C1. The van der Waals surface area contributed by atoms with Crippen molar-refractivity contribution in [1.82, 2.24) is 4.90 Å². The van der Waals surface area contributed by atoms with Gasteiger partial charge in [0.2, 0.25) is 0 Å². The Bertz CT molecular complexity index is 190. The zero-order valence-corrected chi connectivity index (χ0v) is 9.45. The van der Waals surface area contributed by atoms with Crippen molar-refractivity contribution in [1.29, 1.82) is 0 Å². The van der Waals surface area contributed by atoms with Gasteiger partial charge < -0.3 is 9.47 Å². The van der Waals surface area contributed by atoms with E-state index >= 15 is 0 Å². The van der Waals surface area contributed by atoms with Crippen molar-refractivity contribution in [3.63, 3.8) is 0 Å². The van der Waals surface area contributed by atoms with E-state index in [2.05, 4.69) is 25.7 Å². The molecule has 2 aliphatic rings. The normalized spacial score (nSPS) is 25.9. The first kappa shape index (κ1) is 10.4. The van der Waals surface area contributed by atoms with Gasteiger partial charge in [0.05, 0.1) is 25.9 Å². The molecule has 2 fully saturated rings. The van der Waals surface area contributed by atoms with Crippen LogP contribution in [0.1, 0.15) is 20.8 Å². The van der Waals surface area contributed by atoms with Gasteiger partial charge in [-0.3, -0.25) is 4.90 Å². The van der Waals surface area contributed by atoms with Crippen LogP contribution < -0.4 is 0 Å². The number of ether oxygens (including phenoxy) is 2. The van der Waals surface area contributed by atoms with Gasteiger partial charge in [-0.15, -0.1) is 0 Å². The maximum atomic E-state index is 5.79. The van der Waals surface area contributed by atoms with Crippen LogP contribution in [-0.2, 0) is 9.47 Å². The third-order valence-corrected chi connectivity index (χ3v) is 3.07. The van der Waals surface area contributed by atoms with Crippen molar-refractivity contribution in [2.45, 2.75) is 32.4 Å². The first-order valence-electron chi connectivity index (χ1n) is 5.50. The fourth-order valence-electron chi connectivity index (χ4n) is 1.74. The molecule has 0 radical (unpaired) electrons. The fourth-order valence-corrected chi connectivity index (χ4v) is 1.74. The molecule has 0 aromatic rings. The molecule has 0 spiro atoms. The molecule has 14 heavy (non-hydrogen) atoms. The lowest BCUT2D eigenvalue weighted by atomic mass is 9.99. The van der Waals surface area contributed by atoms with Gasteiger partial charge in [-0.05, 0) is 20.8 Å². The predicted molar refractivity (Wildman–Crippen MR) is 55.4 cm³/mol. The summed E-state index contributed by atoms with van der Waals surface area (Å²) in [4.78, 5) is 2.45. The van der Waals surface area contributed by atoms with Gasteiger partial charge in [0, 0.05) is 24.5 Å². The van der Waals surface area contributed by atoms with Gasteiger partial charge in [0.1, 0.15) is 0 Å². The molecule has 0 N–H and O–H groups in total. The molecular weight excluding hydrogens is 178 g/mol. The highest BCUT2D eigenvalue weighted by Gasteiger charge is 2.35. The molecule has 0 unspecified atom stereocenters. The zero-order valence-electron chi connectivity index (χ0n) is 9.45. The Labute approximate surface area is 86.4 Å². The minimum absolute atomic E-state index is 0.305. The maximum absolute atomic E-state index is 5.79. The second kappa shape index (κ2) is 3.80. The molecule has 0 bridgehead atoms. The largest absolute Gasteiger partial charge is 0.381 e. The molecule has 0 aliphatic carbocycles. The van der Waals surface area contributed by atoms with Crippen LogP contribution in [0.4, 0.5) is 0 Å². The van der Waals surface area contributed by atoms with Gasteiger partial charge in [0.25, 0.3) is 0 Å². The summed E-state index contributed by atoms with van der Waals surface area (Å²) in [5.41, 5.74) is 0.305. The van der Waals surface area contributed by atoms with E-state index in [9.17, 15) is 0 Å². The van der Waals surface area contributed by atoms with E-state index in [1.54, 1.807) is 0 Å². The average molecular weight is 199 g/mol. The summed E-state index contributed by atoms with van der Waals surface area (Å²) in [7, 11) is 0. The predicted octanol–water partition coefficient (Wildman–Crippen LogP) is 1.13. The van der Waals surface area contributed by atoms with E-state index in [0.29, 0.717) is 17.6 Å². The lowest BCUT2D eigenvalue weighted by molar-refractivity contribution is -0.131. The second-order valence-electron chi connectivity index (χ2n) is 5.43. The minimum atomic E-state index is 0.305. The molecular formula is C11H21NO2. The van der Waals surface area contributed by atoms with Crippen molar-refractivity contribution in [2.75, 3.05) is 32.9 Å². The van der Waals surface area contributed by atoms with Gasteiger partial charge in [0.15, 0.2) is 0 Å². The fraction of sp³-hybridized carbons (Fsp3) is 1.00. The Morgan fingerprint density at radius 1 is 1.29 bits per heavy atom. The maximum Gasteiger partial charge on any atom is 0.0829 e. The molecule has 0 aromatic carbocycles. The molecule has 3 nitrogen and oxygen atoms in total. The van der Waals surface area contributed by atoms with E-state index in [1.807, 2.05) is 0 Å². The first-order valence-corrected chi connectivity index (χ1v) is 5.50. The first-order chi connectivity index (χ1) is 6.55. The monoisotopic (exact) mass is 199 g/mol. The van der Waals surface area contributed by atoms with Crippen molar-refractivity contribution in [3.05, 3.63) is 0 Å². The molecule has 2 heterocycles. The average Bonchev–Trinajstić information content (AvgIpc) is 1.86. The molecule has 0 saturated carbocycles. The number of hydrogen-bond acceptors (Lipinski definition) is 3. The molecule has 0 amide bonds. The Hall–Kier alpha value is -0.120. The Morgan fingerprint density at radius 3 is 2.36 bits per heavy atom. The molecule has 2 rings (SSSR count). The minimum Gasteiger partial charge on any atom is -0.381 e. The number of rotatable bonds is 3. The van der Waals surface area contributed by atoms with E-state index in [-0.39, 0.29) is 0 Å². The van der Waals surface area contributed by atoms with Gasteiger partial charge in [-0.2, -0.15) is 0 Å². The highest BCUT2D eigenvalue weighted by atomic mass is 16.5. The van der Waals surface area contributed by atoms with E-state index < -0.39 is 0 Å². The smallest absolute Gasteiger partial charge is 0.0829 e. The van der Waals surface area contributed by atoms with Crippen LogP contribution in [0.3, 0.4) is 0 Å². The third-order valence-electron chi connectivity index (χ3n) is 3.07. The van der Waals surface area contributed by atoms with Gasteiger partial charge >= 0.3 is 0 Å². The zero-order chi connectivity index (χ0) is 10.2. The van der Waals surface area contributed by atoms with E-state index in [4.69, 9.17) is 9.47 Å². The lowest BCUT2D eigenvalue weighted by Crippen LogP contribution is -2.60. The number of nitrogens with zero attached hydrogens (tertiary/aromatic N) is 1. The third kappa shape index (κ3) is 2.27. The highest BCUT2D eigenvalue weighted by molar-refractivity contribution is 4.89. The van der Waals surface area contributed by atoms with Crippen LogP contribution in [-0.4, -0.2) is 49.5 Å². The quantitative estimate of drug-likeness (QED) is 0.680. The summed E-state index contributed by atoms with van der Waals surface area (Å²) in [6.45, 7) is 11.6. The number of hydrogen-bond donors (Lipinski definition) is 0. The summed E-state index contributed by atoms with van der Waals surface area (Å²) in [6, 6.07) is 0. The van der Waals surface area contributed by atoms with Crippen LogP contribution in [0.2, 0.25) is 0 Å². The van der Waals surface area contributed by atoms with Crippen molar-refractivity contribution in [3.8, 4) is 0 Å². The van der Waals surface area contributed by atoms with Crippen LogP contribution in [0.5, 0.6) is 0 Å². The summed E-state index contributed by atoms with van der Waals surface area (Å²) in [5.74, 6) is 0.665. The van der Waals surface area contributed by atoms with Crippen LogP contribution in [0, 0.1) is 5.92 Å². The molecule has 2 aliphatic heterocycles. The van der Waals surface area contributed by atoms with Gasteiger partial charge in [-0.25, -0.2) is 0 Å². The van der Waals surface area contributed by atoms with Crippen molar-refractivity contribution in [2.24, 2.45) is 5.92 Å². The summed E-state index contributed by atoms with van der Waals surface area (Å²) in [5, 5.41) is 0. The molecule has 3 heteroatoms. The van der Waals surface area contributed by atoms with E-state index in [1.165, 1.54) is 0 Å².